The highest BCUT2D eigenvalue weighted by molar-refractivity contribution is 5.92. The quantitative estimate of drug-likeness (QED) is 0.0290. The molecule has 0 fully saturated rings. The summed E-state index contributed by atoms with van der Waals surface area (Å²) in [5.41, 5.74) is -0.188. The first kappa shape index (κ1) is 68.8. The molecule has 0 aliphatic heterocycles. The molecule has 0 rings (SSSR count). The fourth-order valence-corrected chi connectivity index (χ4v) is 5.26. The molecule has 0 saturated heterocycles. The Hall–Kier alpha value is -4.23. The van der Waals surface area contributed by atoms with E-state index in [4.69, 9.17) is 61.6 Å². The number of carbonyl (C=O) groups is 7. The lowest BCUT2D eigenvalue weighted by Crippen LogP contribution is -2.52. The molecule has 7 N–H and O–H groups in total. The number of rotatable bonds is 52. The second-order valence-electron chi connectivity index (χ2n) is 16.5. The molecule has 0 saturated carbocycles. The summed E-state index contributed by atoms with van der Waals surface area (Å²) >= 11 is 0. The Kier molecular flexibility index (Phi) is 47.1. The van der Waals surface area contributed by atoms with Crippen molar-refractivity contribution in [3.63, 3.8) is 0 Å². The van der Waals surface area contributed by atoms with Gasteiger partial charge in [0.25, 0.3) is 0 Å². The van der Waals surface area contributed by atoms with Gasteiger partial charge in [0, 0.05) is 40.2 Å². The molecule has 0 heterocycles. The van der Waals surface area contributed by atoms with Gasteiger partial charge < -0.3 is 98.8 Å². The van der Waals surface area contributed by atoms with E-state index in [1.165, 1.54) is 7.11 Å². The minimum Gasteiger partial charge on any atom is -0.382 e. The maximum Gasteiger partial charge on any atom is 0.245 e. The first-order valence-electron chi connectivity index (χ1n) is 24.5. The topological polar surface area (TPSA) is 324 Å². The average Bonchev–Trinajstić information content (AvgIpc) is 3.35. The fraction of sp³-hybridized carbons (Fsp3) is 0.848. The van der Waals surface area contributed by atoms with Crippen molar-refractivity contribution in [3.05, 3.63) is 0 Å². The van der Waals surface area contributed by atoms with E-state index in [1.54, 1.807) is 7.11 Å². The number of hydrogen-bond donors (Lipinski definition) is 7. The van der Waals surface area contributed by atoms with E-state index in [-0.39, 0.29) is 57.2 Å². The zero-order valence-electron chi connectivity index (χ0n) is 43.9. The van der Waals surface area contributed by atoms with Crippen molar-refractivity contribution >= 4 is 41.4 Å². The van der Waals surface area contributed by atoms with Gasteiger partial charge >= 0.3 is 0 Å². The van der Waals surface area contributed by atoms with Gasteiger partial charge in [-0.25, -0.2) is 0 Å². The molecule has 0 radical (unpaired) electrons. The van der Waals surface area contributed by atoms with Crippen molar-refractivity contribution in [2.45, 2.75) is 39.7 Å². The molecule has 27 heteroatoms. The minimum absolute atomic E-state index is 0.0252. The Balaban J connectivity index is 3.66. The molecule has 73 heavy (non-hydrogen) atoms. The van der Waals surface area contributed by atoms with Crippen LogP contribution in [0.3, 0.4) is 0 Å². The first-order chi connectivity index (χ1) is 35.3. The summed E-state index contributed by atoms with van der Waals surface area (Å²) in [6.07, 6.45) is 0.282. The van der Waals surface area contributed by atoms with Crippen molar-refractivity contribution in [3.8, 4) is 0 Å². The van der Waals surface area contributed by atoms with Crippen molar-refractivity contribution in [1.29, 1.82) is 0 Å². The van der Waals surface area contributed by atoms with Crippen molar-refractivity contribution in [2.24, 2.45) is 5.41 Å². The van der Waals surface area contributed by atoms with E-state index < -0.39 is 61.1 Å². The van der Waals surface area contributed by atoms with Crippen LogP contribution in [0.25, 0.3) is 0 Å². The van der Waals surface area contributed by atoms with E-state index in [1.807, 2.05) is 20.8 Å². The molecular formula is C46H87N7O20. The standard InChI is InChI=1S/C46H87N7O20/c1-46(2,3)32-40(55)47-7-6-39(54)49-33-41(56)50-34-42(57)51-35-43(58)52-36-44(59)53-38(37-62-5)45(60)48-8-9-63-12-13-65-16-17-67-20-21-69-24-25-71-28-29-73-31-30-72-27-26-70-23-22-68-19-18-66-15-14-64-11-10-61-4/h38H,6-37H2,1-5H3,(H,47,55)(H,48,60)(H,49,54)(H,50,56)(H,51,57)(H,52,58)(H,53,59). The molecule has 7 amide bonds. The zero-order valence-corrected chi connectivity index (χ0v) is 43.9. The number of carbonyl (C=O) groups excluding carboxylic acids is 7. The summed E-state index contributed by atoms with van der Waals surface area (Å²) in [4.78, 5) is 85.0. The summed E-state index contributed by atoms with van der Waals surface area (Å²) in [5, 5.41) is 17.0. The number of amides is 7. The van der Waals surface area contributed by atoms with Crippen LogP contribution in [-0.4, -0.2) is 259 Å². The smallest absolute Gasteiger partial charge is 0.245 e. The van der Waals surface area contributed by atoms with Crippen LogP contribution in [0.1, 0.15) is 33.6 Å². The van der Waals surface area contributed by atoms with Gasteiger partial charge in [-0.15, -0.1) is 0 Å². The van der Waals surface area contributed by atoms with Crippen LogP contribution in [0.5, 0.6) is 0 Å². The monoisotopic (exact) mass is 1060 g/mol. The number of hydrogen-bond acceptors (Lipinski definition) is 20. The lowest BCUT2D eigenvalue weighted by atomic mass is 9.92. The van der Waals surface area contributed by atoms with E-state index in [9.17, 15) is 33.6 Å². The summed E-state index contributed by atoms with van der Waals surface area (Å²) in [7, 11) is 2.99. The molecule has 0 aromatic heterocycles. The van der Waals surface area contributed by atoms with Crippen LogP contribution >= 0.6 is 0 Å². The van der Waals surface area contributed by atoms with E-state index >= 15 is 0 Å². The Bertz CT molecular complexity index is 1430. The van der Waals surface area contributed by atoms with Gasteiger partial charge in [-0.2, -0.15) is 0 Å². The van der Waals surface area contributed by atoms with Crippen LogP contribution in [0, 0.1) is 5.41 Å². The third kappa shape index (κ3) is 51.1. The van der Waals surface area contributed by atoms with Crippen LogP contribution in [0.15, 0.2) is 0 Å². The SMILES string of the molecule is COCCOCCOCCOCCOCCOCCOCCOCCOCCOCCOCCOCCNC(=O)C(COC)NC(=O)CNC(=O)CNC(=O)CNC(=O)CNC(=O)CCNC(=O)CC(C)(C)C. The highest BCUT2D eigenvalue weighted by Gasteiger charge is 2.21. The summed E-state index contributed by atoms with van der Waals surface area (Å²) in [5.74, 6) is -3.89. The highest BCUT2D eigenvalue weighted by Crippen LogP contribution is 2.17. The molecule has 0 spiro atoms. The molecule has 0 bridgehead atoms. The molecule has 0 aliphatic carbocycles. The second-order valence-corrected chi connectivity index (χ2v) is 16.5. The van der Waals surface area contributed by atoms with E-state index in [2.05, 4.69) is 37.2 Å². The Labute approximate surface area is 430 Å². The van der Waals surface area contributed by atoms with E-state index in [0.29, 0.717) is 145 Å². The third-order valence-corrected chi connectivity index (χ3v) is 8.83. The van der Waals surface area contributed by atoms with Gasteiger partial charge in [0.2, 0.25) is 41.4 Å². The summed E-state index contributed by atoms with van der Waals surface area (Å²) in [6, 6.07) is -1.05. The van der Waals surface area contributed by atoms with Gasteiger partial charge in [-0.3, -0.25) is 33.6 Å². The van der Waals surface area contributed by atoms with Crippen molar-refractivity contribution in [1.82, 2.24) is 37.2 Å². The predicted octanol–water partition coefficient (Wildman–Crippen LogP) is -3.53. The van der Waals surface area contributed by atoms with Crippen LogP contribution in [0.2, 0.25) is 0 Å². The van der Waals surface area contributed by atoms with Crippen LogP contribution < -0.4 is 37.2 Å². The van der Waals surface area contributed by atoms with Gasteiger partial charge in [0.1, 0.15) is 6.04 Å². The normalized spacial score (nSPS) is 11.7. The second kappa shape index (κ2) is 50.0. The summed E-state index contributed by atoms with van der Waals surface area (Å²) in [6.45, 7) is 14.2. The average molecular weight is 1060 g/mol. The molecule has 426 valence electrons. The maximum atomic E-state index is 12.6. The molecule has 27 nitrogen and oxygen atoms in total. The van der Waals surface area contributed by atoms with Crippen molar-refractivity contribution < 1.29 is 95.1 Å². The Morgan fingerprint density at radius 1 is 0.342 bits per heavy atom. The molecular weight excluding hydrogens is 971 g/mol. The van der Waals surface area contributed by atoms with Crippen molar-refractivity contribution in [2.75, 3.05) is 212 Å². The van der Waals surface area contributed by atoms with E-state index in [0.717, 1.165) is 0 Å². The third-order valence-electron chi connectivity index (χ3n) is 8.83. The van der Waals surface area contributed by atoms with Crippen LogP contribution in [-0.2, 0) is 95.1 Å². The lowest BCUT2D eigenvalue weighted by molar-refractivity contribution is -0.131. The minimum atomic E-state index is -1.05. The number of nitrogens with one attached hydrogen (secondary N) is 7. The number of ether oxygens (including phenoxy) is 13. The largest absolute Gasteiger partial charge is 0.382 e. The number of methoxy groups -OCH3 is 2. The molecule has 1 unspecified atom stereocenters. The molecule has 0 aromatic carbocycles. The predicted molar refractivity (Wildman–Crippen MR) is 261 cm³/mol. The molecule has 1 atom stereocenters. The van der Waals surface area contributed by atoms with Gasteiger partial charge in [0.05, 0.1) is 185 Å². The van der Waals surface area contributed by atoms with Gasteiger partial charge in [0.15, 0.2) is 0 Å². The maximum absolute atomic E-state index is 12.6. The first-order valence-corrected chi connectivity index (χ1v) is 24.5. The Morgan fingerprint density at radius 3 is 0.986 bits per heavy atom. The fourth-order valence-electron chi connectivity index (χ4n) is 5.26. The molecule has 0 aliphatic rings. The van der Waals surface area contributed by atoms with Gasteiger partial charge in [-0.1, -0.05) is 20.8 Å². The molecule has 0 aromatic rings. The van der Waals surface area contributed by atoms with Crippen LogP contribution in [0.4, 0.5) is 0 Å². The van der Waals surface area contributed by atoms with Gasteiger partial charge in [-0.05, 0) is 5.41 Å². The lowest BCUT2D eigenvalue weighted by Gasteiger charge is -2.18. The highest BCUT2D eigenvalue weighted by atomic mass is 16.6. The summed E-state index contributed by atoms with van der Waals surface area (Å²) < 4.78 is 69.9. The zero-order chi connectivity index (χ0) is 53.9. The Morgan fingerprint density at radius 2 is 0.658 bits per heavy atom.